The van der Waals surface area contributed by atoms with Crippen molar-refractivity contribution < 1.29 is 14.7 Å². The van der Waals surface area contributed by atoms with Gasteiger partial charge in [0.25, 0.3) is 5.91 Å². The van der Waals surface area contributed by atoms with Crippen LogP contribution in [0.25, 0.3) is 0 Å². The first-order valence-electron chi connectivity index (χ1n) is 5.12. The van der Waals surface area contributed by atoms with Gasteiger partial charge in [-0.15, -0.1) is 11.3 Å². The zero-order chi connectivity index (χ0) is 13.3. The van der Waals surface area contributed by atoms with E-state index in [1.807, 2.05) is 0 Å². The summed E-state index contributed by atoms with van der Waals surface area (Å²) in [5.74, 6) is -1.31. The molecule has 5 nitrogen and oxygen atoms in total. The summed E-state index contributed by atoms with van der Waals surface area (Å²) < 4.78 is 0. The number of hydrogen-bond acceptors (Lipinski definition) is 4. The van der Waals surface area contributed by atoms with Crippen molar-refractivity contribution in [1.82, 2.24) is 10.3 Å². The largest absolute Gasteiger partial charge is 0.481 e. The van der Waals surface area contributed by atoms with Crippen LogP contribution in [0.5, 0.6) is 0 Å². The molecule has 1 amide bonds. The highest BCUT2D eigenvalue weighted by atomic mass is 32.1. The van der Waals surface area contributed by atoms with Crippen LogP contribution in [0.3, 0.4) is 0 Å². The number of aliphatic carboxylic acids is 1. The number of nitrogens with one attached hydrogen (secondary N) is 1. The third-order valence-corrected chi connectivity index (χ3v) is 3.77. The molecule has 1 rings (SSSR count). The van der Waals surface area contributed by atoms with Crippen molar-refractivity contribution in [3.05, 3.63) is 16.6 Å². The van der Waals surface area contributed by atoms with Crippen LogP contribution in [-0.4, -0.2) is 27.5 Å². The summed E-state index contributed by atoms with van der Waals surface area (Å²) >= 11 is 1.32. The van der Waals surface area contributed by atoms with Gasteiger partial charge in [-0.05, 0) is 27.7 Å². The highest BCUT2D eigenvalue weighted by molar-refractivity contribution is 7.07. The molecule has 0 aliphatic carbocycles. The van der Waals surface area contributed by atoms with E-state index < -0.39 is 16.9 Å². The Balaban J connectivity index is 2.87. The number of carbonyl (C=O) groups is 2. The first kappa shape index (κ1) is 13.6. The average Bonchev–Trinajstić information content (AvgIpc) is 2.68. The molecular formula is C11H16N2O3S. The van der Waals surface area contributed by atoms with E-state index in [-0.39, 0.29) is 5.91 Å². The predicted octanol–water partition coefficient (Wildman–Crippen LogP) is 1.76. The maximum atomic E-state index is 11.8. The lowest BCUT2D eigenvalue weighted by atomic mass is 9.74. The van der Waals surface area contributed by atoms with Crippen LogP contribution in [0.4, 0.5) is 0 Å². The summed E-state index contributed by atoms with van der Waals surface area (Å²) in [6, 6.07) is 0. The summed E-state index contributed by atoms with van der Waals surface area (Å²) in [7, 11) is 0. The van der Waals surface area contributed by atoms with Crippen LogP contribution in [-0.2, 0) is 4.79 Å². The van der Waals surface area contributed by atoms with Crippen LogP contribution in [0.1, 0.15) is 38.2 Å². The molecule has 0 aromatic carbocycles. The Hall–Kier alpha value is -1.43. The molecule has 0 saturated heterocycles. The monoisotopic (exact) mass is 256 g/mol. The fraction of sp³-hybridized carbons (Fsp3) is 0.545. The van der Waals surface area contributed by atoms with Crippen molar-refractivity contribution in [2.24, 2.45) is 5.41 Å². The number of nitrogens with zero attached hydrogens (tertiary/aromatic N) is 1. The van der Waals surface area contributed by atoms with Crippen molar-refractivity contribution in [2.45, 2.75) is 33.2 Å². The van der Waals surface area contributed by atoms with Crippen molar-refractivity contribution in [3.63, 3.8) is 0 Å². The molecule has 0 fully saturated rings. The van der Waals surface area contributed by atoms with Gasteiger partial charge in [-0.2, -0.15) is 0 Å². The lowest BCUT2D eigenvalue weighted by Crippen LogP contribution is -2.57. The Labute approximate surface area is 104 Å². The standard InChI is InChI=1S/C11H16N2O3S/c1-10(2,9(15)16)11(3,4)13-8(14)7-5-17-6-12-7/h5-6H,1-4H3,(H,13,14)(H,15,16). The molecule has 2 N–H and O–H groups in total. The van der Waals surface area contributed by atoms with Crippen LogP contribution >= 0.6 is 11.3 Å². The molecule has 1 aromatic rings. The van der Waals surface area contributed by atoms with E-state index in [9.17, 15) is 9.59 Å². The van der Waals surface area contributed by atoms with Crippen molar-refractivity contribution >= 4 is 23.2 Å². The maximum Gasteiger partial charge on any atom is 0.311 e. The quantitative estimate of drug-likeness (QED) is 0.860. The second-order valence-corrected chi connectivity index (χ2v) is 5.60. The number of carboxylic acids is 1. The molecule has 0 aliphatic heterocycles. The van der Waals surface area contributed by atoms with E-state index in [0.717, 1.165) is 0 Å². The smallest absolute Gasteiger partial charge is 0.311 e. The molecule has 1 heterocycles. The Morgan fingerprint density at radius 2 is 1.94 bits per heavy atom. The number of carboxylic acid groups (broad SMARTS) is 1. The topological polar surface area (TPSA) is 79.3 Å². The van der Waals surface area contributed by atoms with Gasteiger partial charge < -0.3 is 10.4 Å². The van der Waals surface area contributed by atoms with Gasteiger partial charge in [-0.3, -0.25) is 9.59 Å². The second-order valence-electron chi connectivity index (χ2n) is 4.88. The molecule has 0 bridgehead atoms. The number of aromatic nitrogens is 1. The number of thiazole rings is 1. The Bertz CT molecular complexity index is 424. The van der Waals surface area contributed by atoms with Crippen molar-refractivity contribution in [2.75, 3.05) is 0 Å². The highest BCUT2D eigenvalue weighted by Crippen LogP contribution is 2.30. The van der Waals surface area contributed by atoms with E-state index in [0.29, 0.717) is 5.69 Å². The molecule has 0 spiro atoms. The van der Waals surface area contributed by atoms with Crippen molar-refractivity contribution in [1.29, 1.82) is 0 Å². The first-order chi connectivity index (χ1) is 7.68. The van der Waals surface area contributed by atoms with Gasteiger partial charge in [0, 0.05) is 5.38 Å². The summed E-state index contributed by atoms with van der Waals surface area (Å²) in [5, 5.41) is 13.5. The number of rotatable bonds is 4. The van der Waals surface area contributed by atoms with Gasteiger partial charge in [-0.1, -0.05) is 0 Å². The number of amides is 1. The number of carbonyl (C=O) groups excluding carboxylic acids is 1. The maximum absolute atomic E-state index is 11.8. The van der Waals surface area contributed by atoms with Crippen LogP contribution in [0.2, 0.25) is 0 Å². The highest BCUT2D eigenvalue weighted by Gasteiger charge is 2.44. The minimum atomic E-state index is -1.07. The van der Waals surface area contributed by atoms with E-state index in [2.05, 4.69) is 10.3 Å². The Morgan fingerprint density at radius 1 is 1.35 bits per heavy atom. The van der Waals surface area contributed by atoms with Gasteiger partial charge in [0.15, 0.2) is 0 Å². The molecule has 1 aromatic heterocycles. The van der Waals surface area contributed by atoms with Crippen LogP contribution in [0, 0.1) is 5.41 Å². The fourth-order valence-electron chi connectivity index (χ4n) is 1.10. The molecule has 94 valence electrons. The van der Waals surface area contributed by atoms with Gasteiger partial charge in [0.05, 0.1) is 16.5 Å². The number of hydrogen-bond donors (Lipinski definition) is 2. The minimum Gasteiger partial charge on any atom is -0.481 e. The van der Waals surface area contributed by atoms with Gasteiger partial charge >= 0.3 is 5.97 Å². The molecule has 0 aliphatic rings. The molecular weight excluding hydrogens is 240 g/mol. The van der Waals surface area contributed by atoms with Gasteiger partial charge in [0.1, 0.15) is 5.69 Å². The molecule has 0 unspecified atom stereocenters. The molecule has 0 saturated carbocycles. The molecule has 6 heteroatoms. The summed E-state index contributed by atoms with van der Waals surface area (Å²) in [6.07, 6.45) is 0. The Morgan fingerprint density at radius 3 is 2.35 bits per heavy atom. The van der Waals surface area contributed by atoms with Gasteiger partial charge in [0.2, 0.25) is 0 Å². The van der Waals surface area contributed by atoms with Gasteiger partial charge in [-0.25, -0.2) is 4.98 Å². The van der Waals surface area contributed by atoms with E-state index in [1.165, 1.54) is 11.3 Å². The zero-order valence-electron chi connectivity index (χ0n) is 10.3. The Kier molecular flexibility index (Phi) is 3.56. The second kappa shape index (κ2) is 4.44. The zero-order valence-corrected chi connectivity index (χ0v) is 11.1. The van der Waals surface area contributed by atoms with E-state index >= 15 is 0 Å². The van der Waals surface area contributed by atoms with Crippen molar-refractivity contribution in [3.8, 4) is 0 Å². The predicted molar refractivity (Wildman–Crippen MR) is 65.1 cm³/mol. The average molecular weight is 256 g/mol. The minimum absolute atomic E-state index is 0.310. The lowest BCUT2D eigenvalue weighted by molar-refractivity contribution is -0.150. The SMILES string of the molecule is CC(C)(NC(=O)c1cscn1)C(C)(C)C(=O)O. The van der Waals surface area contributed by atoms with Crippen LogP contribution in [0.15, 0.2) is 10.9 Å². The third kappa shape index (κ3) is 2.63. The third-order valence-electron chi connectivity index (χ3n) is 3.19. The normalized spacial score (nSPS) is 12.2. The summed E-state index contributed by atoms with van der Waals surface area (Å²) in [4.78, 5) is 26.9. The lowest BCUT2D eigenvalue weighted by Gasteiger charge is -2.38. The molecule has 0 atom stereocenters. The summed E-state index contributed by atoms with van der Waals surface area (Å²) in [6.45, 7) is 6.53. The fourth-order valence-corrected chi connectivity index (χ4v) is 1.63. The molecule has 17 heavy (non-hydrogen) atoms. The van der Waals surface area contributed by atoms with Crippen LogP contribution < -0.4 is 5.32 Å². The molecule has 0 radical (unpaired) electrons. The summed E-state index contributed by atoms with van der Waals surface area (Å²) in [5.41, 5.74) is -0.0769. The van der Waals surface area contributed by atoms with E-state index in [4.69, 9.17) is 5.11 Å². The van der Waals surface area contributed by atoms with E-state index in [1.54, 1.807) is 38.6 Å². The first-order valence-corrected chi connectivity index (χ1v) is 6.07.